The second-order valence-corrected chi connectivity index (χ2v) is 5.09. The zero-order valence-electron chi connectivity index (χ0n) is 12.7. The van der Waals surface area contributed by atoms with Gasteiger partial charge in [-0.05, 0) is 42.7 Å². The summed E-state index contributed by atoms with van der Waals surface area (Å²) in [6.07, 6.45) is 0.365. The van der Waals surface area contributed by atoms with Crippen LogP contribution >= 0.6 is 0 Å². The molecule has 0 fully saturated rings. The molecule has 2 rings (SSSR count). The van der Waals surface area contributed by atoms with Crippen molar-refractivity contribution in [2.75, 3.05) is 11.9 Å². The number of ether oxygens (including phenoxy) is 1. The van der Waals surface area contributed by atoms with Gasteiger partial charge in [-0.3, -0.25) is 4.79 Å². The van der Waals surface area contributed by atoms with Crippen molar-refractivity contribution in [2.24, 2.45) is 0 Å². The number of carbonyl (C=O) groups is 1. The van der Waals surface area contributed by atoms with E-state index in [9.17, 15) is 4.79 Å². The summed E-state index contributed by atoms with van der Waals surface area (Å²) in [5.74, 6) is 0.540. The Labute approximate surface area is 130 Å². The molecule has 0 bridgehead atoms. The Hall–Kier alpha value is -2.80. The van der Waals surface area contributed by atoms with Crippen LogP contribution in [0.1, 0.15) is 16.7 Å². The molecule has 2 aromatic rings. The highest BCUT2D eigenvalue weighted by Gasteiger charge is 2.07. The molecule has 22 heavy (non-hydrogen) atoms. The number of hydrogen-bond acceptors (Lipinski definition) is 3. The lowest BCUT2D eigenvalue weighted by atomic mass is 10.1. The molecule has 0 radical (unpaired) electrons. The summed E-state index contributed by atoms with van der Waals surface area (Å²) < 4.78 is 5.61. The Kier molecular flexibility index (Phi) is 5.16. The van der Waals surface area contributed by atoms with Crippen molar-refractivity contribution in [1.29, 1.82) is 5.26 Å². The molecule has 0 aliphatic carbocycles. The van der Waals surface area contributed by atoms with E-state index in [1.807, 2.05) is 44.2 Å². The van der Waals surface area contributed by atoms with E-state index in [1.54, 1.807) is 12.1 Å². The fraction of sp³-hybridized carbons (Fsp3) is 0.222. The van der Waals surface area contributed by atoms with Crippen LogP contribution in [0.3, 0.4) is 0 Å². The molecule has 4 nitrogen and oxygen atoms in total. The van der Waals surface area contributed by atoms with Crippen molar-refractivity contribution in [3.63, 3.8) is 0 Å². The van der Waals surface area contributed by atoms with Crippen LogP contribution in [0.2, 0.25) is 0 Å². The number of aryl methyl sites for hydroxylation is 2. The molecule has 0 saturated carbocycles. The van der Waals surface area contributed by atoms with Crippen LogP contribution in [0.15, 0.2) is 42.5 Å². The lowest BCUT2D eigenvalue weighted by Gasteiger charge is -2.12. The van der Waals surface area contributed by atoms with Crippen LogP contribution in [-0.2, 0) is 11.2 Å². The average Bonchev–Trinajstić information content (AvgIpc) is 2.49. The number of amides is 1. The molecule has 0 aliphatic rings. The van der Waals surface area contributed by atoms with Crippen molar-refractivity contribution < 1.29 is 9.53 Å². The maximum Gasteiger partial charge on any atom is 0.262 e. The van der Waals surface area contributed by atoms with Gasteiger partial charge in [-0.25, -0.2) is 0 Å². The van der Waals surface area contributed by atoms with E-state index in [2.05, 4.69) is 11.4 Å². The lowest BCUT2D eigenvalue weighted by Crippen LogP contribution is -2.20. The van der Waals surface area contributed by atoms with Crippen molar-refractivity contribution >= 4 is 11.6 Å². The largest absolute Gasteiger partial charge is 0.483 e. The van der Waals surface area contributed by atoms with Gasteiger partial charge < -0.3 is 10.1 Å². The van der Waals surface area contributed by atoms with Gasteiger partial charge in [-0.15, -0.1) is 0 Å². The van der Waals surface area contributed by atoms with Gasteiger partial charge in [-0.2, -0.15) is 5.26 Å². The van der Waals surface area contributed by atoms with Gasteiger partial charge >= 0.3 is 0 Å². The van der Waals surface area contributed by atoms with Crippen LogP contribution < -0.4 is 10.1 Å². The molecule has 0 saturated heterocycles. The number of nitrogens with one attached hydrogen (secondary N) is 1. The van der Waals surface area contributed by atoms with E-state index in [4.69, 9.17) is 10.00 Å². The van der Waals surface area contributed by atoms with Crippen molar-refractivity contribution in [1.82, 2.24) is 0 Å². The third kappa shape index (κ3) is 4.10. The van der Waals surface area contributed by atoms with Crippen LogP contribution in [0.25, 0.3) is 0 Å². The maximum atomic E-state index is 11.9. The van der Waals surface area contributed by atoms with Gasteiger partial charge in [0, 0.05) is 5.69 Å². The highest BCUT2D eigenvalue weighted by Crippen LogP contribution is 2.22. The summed E-state index contributed by atoms with van der Waals surface area (Å²) >= 11 is 0. The predicted octanol–water partition coefficient (Wildman–Crippen LogP) is 3.39. The number of anilines is 1. The molecule has 0 unspecified atom stereocenters. The first-order valence-electron chi connectivity index (χ1n) is 7.05. The smallest absolute Gasteiger partial charge is 0.262 e. The molecule has 0 atom stereocenters. The summed E-state index contributed by atoms with van der Waals surface area (Å²) in [7, 11) is 0. The summed E-state index contributed by atoms with van der Waals surface area (Å²) in [5, 5.41) is 11.4. The molecule has 1 amide bonds. The molecule has 0 spiro atoms. The Morgan fingerprint density at radius 2 is 1.77 bits per heavy atom. The van der Waals surface area contributed by atoms with Gasteiger partial charge in [-0.1, -0.05) is 30.3 Å². The van der Waals surface area contributed by atoms with E-state index < -0.39 is 0 Å². The minimum absolute atomic E-state index is 0.0361. The van der Waals surface area contributed by atoms with Crippen molar-refractivity contribution in [3.8, 4) is 11.8 Å². The van der Waals surface area contributed by atoms with Gasteiger partial charge in [0.15, 0.2) is 6.61 Å². The highest BCUT2D eigenvalue weighted by atomic mass is 16.5. The topological polar surface area (TPSA) is 62.1 Å². The molecule has 1 N–H and O–H groups in total. The second-order valence-electron chi connectivity index (χ2n) is 5.09. The first-order valence-corrected chi connectivity index (χ1v) is 7.05. The third-order valence-corrected chi connectivity index (χ3v) is 3.28. The van der Waals surface area contributed by atoms with Gasteiger partial charge in [0.1, 0.15) is 5.75 Å². The molecular weight excluding hydrogens is 276 g/mol. The van der Waals surface area contributed by atoms with E-state index in [0.29, 0.717) is 12.1 Å². The minimum Gasteiger partial charge on any atom is -0.483 e. The monoisotopic (exact) mass is 294 g/mol. The number of nitriles is 1. The first-order chi connectivity index (χ1) is 10.6. The number of rotatable bonds is 5. The van der Waals surface area contributed by atoms with Crippen LogP contribution in [0.5, 0.6) is 5.75 Å². The second kappa shape index (κ2) is 7.28. The zero-order chi connectivity index (χ0) is 15.9. The molecule has 2 aromatic carbocycles. The Balaban J connectivity index is 1.92. The Bertz CT molecular complexity index is 680. The quantitative estimate of drug-likeness (QED) is 0.919. The highest BCUT2D eigenvalue weighted by molar-refractivity contribution is 5.91. The normalized spacial score (nSPS) is 9.86. The minimum atomic E-state index is -0.212. The van der Waals surface area contributed by atoms with Gasteiger partial charge in [0.25, 0.3) is 5.91 Å². The van der Waals surface area contributed by atoms with Gasteiger partial charge in [0.05, 0.1) is 12.5 Å². The zero-order valence-corrected chi connectivity index (χ0v) is 12.7. The van der Waals surface area contributed by atoms with Crippen LogP contribution in [0.4, 0.5) is 5.69 Å². The van der Waals surface area contributed by atoms with E-state index in [-0.39, 0.29) is 12.5 Å². The summed E-state index contributed by atoms with van der Waals surface area (Å²) in [4.78, 5) is 11.9. The van der Waals surface area contributed by atoms with E-state index >= 15 is 0 Å². The SMILES string of the molecule is Cc1cccc(C)c1OCC(=O)Nc1ccc(CC#N)cc1. The number of benzene rings is 2. The fourth-order valence-electron chi connectivity index (χ4n) is 2.16. The van der Waals surface area contributed by atoms with Crippen molar-refractivity contribution in [3.05, 3.63) is 59.2 Å². The van der Waals surface area contributed by atoms with E-state index in [1.165, 1.54) is 0 Å². The molecule has 112 valence electrons. The fourth-order valence-corrected chi connectivity index (χ4v) is 2.16. The van der Waals surface area contributed by atoms with Crippen molar-refractivity contribution in [2.45, 2.75) is 20.3 Å². The standard InChI is InChI=1S/C18H18N2O2/c1-13-4-3-5-14(2)18(13)22-12-17(21)20-16-8-6-15(7-9-16)10-11-19/h3-9H,10,12H2,1-2H3,(H,20,21). The van der Waals surface area contributed by atoms with Crippen LogP contribution in [0, 0.1) is 25.2 Å². The first kappa shape index (κ1) is 15.6. The maximum absolute atomic E-state index is 11.9. The third-order valence-electron chi connectivity index (χ3n) is 3.28. The molecule has 0 heterocycles. The molecule has 0 aliphatic heterocycles. The Morgan fingerprint density at radius 3 is 2.36 bits per heavy atom. The number of carbonyl (C=O) groups excluding carboxylic acids is 1. The number of nitrogens with zero attached hydrogens (tertiary/aromatic N) is 1. The summed E-state index contributed by atoms with van der Waals surface area (Å²) in [5.41, 5.74) is 3.63. The van der Waals surface area contributed by atoms with Crippen LogP contribution in [-0.4, -0.2) is 12.5 Å². The number of para-hydroxylation sites is 1. The van der Waals surface area contributed by atoms with Gasteiger partial charge in [0.2, 0.25) is 0 Å². The molecule has 0 aromatic heterocycles. The van der Waals surface area contributed by atoms with E-state index in [0.717, 1.165) is 22.4 Å². The summed E-state index contributed by atoms with van der Waals surface area (Å²) in [6, 6.07) is 15.2. The average molecular weight is 294 g/mol. The predicted molar refractivity (Wildman–Crippen MR) is 85.8 cm³/mol. The lowest BCUT2D eigenvalue weighted by molar-refractivity contribution is -0.118. The Morgan fingerprint density at radius 1 is 1.14 bits per heavy atom. The molecular formula is C18H18N2O2. The number of hydrogen-bond donors (Lipinski definition) is 1. The summed E-state index contributed by atoms with van der Waals surface area (Å²) in [6.45, 7) is 3.87. The molecule has 4 heteroatoms.